The topological polar surface area (TPSA) is 99.4 Å². The maximum Gasteiger partial charge on any atom is 0.341 e. The summed E-state index contributed by atoms with van der Waals surface area (Å²) in [4.78, 5) is 49.4. The highest BCUT2D eigenvalue weighted by atomic mass is 32.1. The van der Waals surface area contributed by atoms with E-state index in [4.69, 9.17) is 4.74 Å². The number of rotatable bonds is 4. The lowest BCUT2D eigenvalue weighted by Gasteiger charge is -2.09. The average molecular weight is 365 g/mol. The van der Waals surface area contributed by atoms with Crippen LogP contribution < -0.4 is 16.6 Å². The van der Waals surface area contributed by atoms with Crippen LogP contribution in [0.1, 0.15) is 38.1 Å². The third-order valence-corrected chi connectivity index (χ3v) is 4.91. The van der Waals surface area contributed by atoms with E-state index in [2.05, 4.69) is 5.32 Å². The molecule has 2 aromatic rings. The maximum absolute atomic E-state index is 12.5. The number of thiophene rings is 1. The molecule has 134 valence electrons. The van der Waals surface area contributed by atoms with Gasteiger partial charge in [-0.25, -0.2) is 9.59 Å². The van der Waals surface area contributed by atoms with Gasteiger partial charge in [-0.15, -0.1) is 11.3 Å². The summed E-state index contributed by atoms with van der Waals surface area (Å²) in [5.41, 5.74) is -0.436. The predicted molar refractivity (Wildman–Crippen MR) is 94.6 cm³/mol. The van der Waals surface area contributed by atoms with Crippen LogP contribution in [0.25, 0.3) is 0 Å². The highest BCUT2D eigenvalue weighted by Gasteiger charge is 2.23. The molecule has 0 radical (unpaired) electrons. The molecule has 0 fully saturated rings. The molecule has 0 bridgehead atoms. The lowest BCUT2D eigenvalue weighted by molar-refractivity contribution is 0.0527. The van der Waals surface area contributed by atoms with Crippen LogP contribution in [0, 0.1) is 13.8 Å². The molecule has 2 heterocycles. The smallest absolute Gasteiger partial charge is 0.341 e. The number of hydrogen-bond donors (Lipinski definition) is 1. The van der Waals surface area contributed by atoms with Crippen LogP contribution in [-0.4, -0.2) is 27.6 Å². The van der Waals surface area contributed by atoms with Gasteiger partial charge in [0.1, 0.15) is 10.6 Å². The average Bonchev–Trinajstić information content (AvgIpc) is 2.83. The van der Waals surface area contributed by atoms with Crippen LogP contribution in [-0.2, 0) is 18.8 Å². The molecule has 1 N–H and O–H groups in total. The largest absolute Gasteiger partial charge is 0.462 e. The molecule has 2 rings (SSSR count). The summed E-state index contributed by atoms with van der Waals surface area (Å²) in [6.07, 6.45) is 1.18. The molecule has 0 aliphatic carbocycles. The Balaban J connectivity index is 2.47. The first-order valence-electron chi connectivity index (χ1n) is 7.54. The summed E-state index contributed by atoms with van der Waals surface area (Å²) in [6.45, 7) is 5.49. The van der Waals surface area contributed by atoms with Crippen LogP contribution in [0.2, 0.25) is 0 Å². The second-order valence-corrected chi connectivity index (χ2v) is 6.69. The van der Waals surface area contributed by atoms with Crippen molar-refractivity contribution in [2.24, 2.45) is 14.1 Å². The van der Waals surface area contributed by atoms with Gasteiger partial charge in [-0.3, -0.25) is 14.2 Å². The van der Waals surface area contributed by atoms with Crippen LogP contribution in [0.3, 0.4) is 0 Å². The van der Waals surface area contributed by atoms with Crippen molar-refractivity contribution in [1.29, 1.82) is 0 Å². The van der Waals surface area contributed by atoms with E-state index >= 15 is 0 Å². The summed E-state index contributed by atoms with van der Waals surface area (Å²) in [5, 5.41) is 2.91. The Labute approximate surface area is 147 Å². The molecule has 0 atom stereocenters. The Morgan fingerprint density at radius 3 is 2.48 bits per heavy atom. The predicted octanol–water partition coefficient (Wildman–Crippen LogP) is 1.19. The van der Waals surface area contributed by atoms with Crippen molar-refractivity contribution in [2.45, 2.75) is 20.8 Å². The SMILES string of the molecule is CCOC(=O)c1c(NC(=O)c2cn(C)c(=O)n(C)c2=O)sc(C)c1C. The minimum absolute atomic E-state index is 0.192. The van der Waals surface area contributed by atoms with Crippen molar-refractivity contribution >= 4 is 28.2 Å². The minimum Gasteiger partial charge on any atom is -0.462 e. The second-order valence-electron chi connectivity index (χ2n) is 5.46. The van der Waals surface area contributed by atoms with Crippen LogP contribution in [0.5, 0.6) is 0 Å². The molecule has 0 aliphatic heterocycles. The normalized spacial score (nSPS) is 10.6. The quantitative estimate of drug-likeness (QED) is 0.821. The number of aryl methyl sites for hydroxylation is 2. The number of amides is 1. The van der Waals surface area contributed by atoms with Crippen LogP contribution >= 0.6 is 11.3 Å². The van der Waals surface area contributed by atoms with Gasteiger partial charge in [0.05, 0.1) is 12.2 Å². The van der Waals surface area contributed by atoms with Crippen LogP contribution in [0.4, 0.5) is 5.00 Å². The maximum atomic E-state index is 12.5. The number of hydrogen-bond acceptors (Lipinski definition) is 6. The Morgan fingerprint density at radius 1 is 1.24 bits per heavy atom. The van der Waals surface area contributed by atoms with Gasteiger partial charge in [0, 0.05) is 25.2 Å². The van der Waals surface area contributed by atoms with Crippen molar-refractivity contribution < 1.29 is 14.3 Å². The standard InChI is InChI=1S/C16H19N3O5S/c1-6-24-15(22)11-8(2)9(3)25-13(11)17-12(20)10-7-18(4)16(23)19(5)14(10)21/h7H,6H2,1-5H3,(H,17,20). The summed E-state index contributed by atoms with van der Waals surface area (Å²) in [5.74, 6) is -1.23. The number of aromatic nitrogens is 2. The van der Waals surface area contributed by atoms with Crippen molar-refractivity contribution in [2.75, 3.05) is 11.9 Å². The molecule has 1 amide bonds. The fourth-order valence-corrected chi connectivity index (χ4v) is 3.34. The van der Waals surface area contributed by atoms with E-state index in [0.717, 1.165) is 14.0 Å². The molecular weight excluding hydrogens is 346 g/mol. The molecule has 0 saturated carbocycles. The number of carbonyl (C=O) groups excluding carboxylic acids is 2. The van der Waals surface area contributed by atoms with Crippen molar-refractivity contribution in [3.63, 3.8) is 0 Å². The monoisotopic (exact) mass is 365 g/mol. The van der Waals surface area contributed by atoms with Crippen molar-refractivity contribution in [1.82, 2.24) is 9.13 Å². The molecule has 0 spiro atoms. The highest BCUT2D eigenvalue weighted by Crippen LogP contribution is 2.33. The number of esters is 1. The van der Waals surface area contributed by atoms with E-state index in [1.165, 1.54) is 31.6 Å². The Bertz CT molecular complexity index is 967. The van der Waals surface area contributed by atoms with E-state index in [-0.39, 0.29) is 17.7 Å². The van der Waals surface area contributed by atoms with Crippen molar-refractivity contribution in [3.05, 3.63) is 48.6 Å². The summed E-state index contributed by atoms with van der Waals surface area (Å²) in [6, 6.07) is 0. The first kappa shape index (κ1) is 18.7. The van der Waals surface area contributed by atoms with Gasteiger partial charge in [0.15, 0.2) is 0 Å². The third kappa shape index (κ3) is 3.41. The zero-order chi connectivity index (χ0) is 18.9. The summed E-state index contributed by atoms with van der Waals surface area (Å²) >= 11 is 1.23. The molecule has 0 saturated heterocycles. The Kier molecular flexibility index (Phi) is 5.27. The van der Waals surface area contributed by atoms with Crippen LogP contribution in [0.15, 0.2) is 15.8 Å². The van der Waals surface area contributed by atoms with Gasteiger partial charge in [-0.1, -0.05) is 0 Å². The fraction of sp³-hybridized carbons (Fsp3) is 0.375. The molecule has 0 aliphatic rings. The molecular formula is C16H19N3O5S. The zero-order valence-corrected chi connectivity index (χ0v) is 15.4. The lowest BCUT2D eigenvalue weighted by Crippen LogP contribution is -2.40. The van der Waals surface area contributed by atoms with Gasteiger partial charge >= 0.3 is 11.7 Å². The van der Waals surface area contributed by atoms with Gasteiger partial charge in [-0.05, 0) is 26.3 Å². The van der Waals surface area contributed by atoms with E-state index in [0.29, 0.717) is 10.6 Å². The van der Waals surface area contributed by atoms with Crippen molar-refractivity contribution in [3.8, 4) is 0 Å². The Morgan fingerprint density at radius 2 is 1.88 bits per heavy atom. The first-order valence-corrected chi connectivity index (χ1v) is 8.35. The first-order chi connectivity index (χ1) is 11.7. The van der Waals surface area contributed by atoms with E-state index in [9.17, 15) is 19.2 Å². The number of nitrogens with zero attached hydrogens (tertiary/aromatic N) is 2. The van der Waals surface area contributed by atoms with Gasteiger partial charge in [0.2, 0.25) is 0 Å². The molecule has 9 heteroatoms. The summed E-state index contributed by atoms with van der Waals surface area (Å²) in [7, 11) is 2.74. The zero-order valence-electron chi connectivity index (χ0n) is 14.6. The molecule has 0 aromatic carbocycles. The number of ether oxygens (including phenoxy) is 1. The molecule has 25 heavy (non-hydrogen) atoms. The number of carbonyl (C=O) groups is 2. The highest BCUT2D eigenvalue weighted by molar-refractivity contribution is 7.16. The summed E-state index contributed by atoms with van der Waals surface area (Å²) < 4.78 is 7.03. The second kappa shape index (κ2) is 7.06. The third-order valence-electron chi connectivity index (χ3n) is 3.78. The van der Waals surface area contributed by atoms with E-state index in [1.54, 1.807) is 13.8 Å². The van der Waals surface area contributed by atoms with Gasteiger partial charge in [-0.2, -0.15) is 0 Å². The Hall–Kier alpha value is -2.68. The number of anilines is 1. The fourth-order valence-electron chi connectivity index (χ4n) is 2.30. The minimum atomic E-state index is -0.705. The molecule has 2 aromatic heterocycles. The van der Waals surface area contributed by atoms with E-state index < -0.39 is 23.1 Å². The number of nitrogens with one attached hydrogen (secondary N) is 1. The van der Waals surface area contributed by atoms with Gasteiger partial charge in [0.25, 0.3) is 11.5 Å². The van der Waals surface area contributed by atoms with E-state index in [1.807, 2.05) is 6.92 Å². The molecule has 0 unspecified atom stereocenters. The van der Waals surface area contributed by atoms with Gasteiger partial charge < -0.3 is 14.6 Å². The lowest BCUT2D eigenvalue weighted by atomic mass is 10.1. The molecule has 8 nitrogen and oxygen atoms in total.